The van der Waals surface area contributed by atoms with Gasteiger partial charge in [0, 0.05) is 18.2 Å². The fourth-order valence-corrected chi connectivity index (χ4v) is 1.87. The van der Waals surface area contributed by atoms with Crippen molar-refractivity contribution in [3.8, 4) is 0 Å². The van der Waals surface area contributed by atoms with E-state index >= 15 is 0 Å². The number of aromatic amines is 1. The molecule has 0 aliphatic carbocycles. The normalized spacial score (nSPS) is 13.2. The van der Waals surface area contributed by atoms with Crippen molar-refractivity contribution in [2.75, 3.05) is 19.0 Å². The summed E-state index contributed by atoms with van der Waals surface area (Å²) in [6, 6.07) is 6.42. The van der Waals surface area contributed by atoms with E-state index in [9.17, 15) is 0 Å². The number of ether oxygens (including phenoxy) is 1. The van der Waals surface area contributed by atoms with Gasteiger partial charge < -0.3 is 10.1 Å². The van der Waals surface area contributed by atoms with E-state index in [4.69, 9.17) is 4.74 Å². The minimum Gasteiger partial charge on any atom is -0.383 e. The van der Waals surface area contributed by atoms with Crippen molar-refractivity contribution in [1.82, 2.24) is 10.2 Å². The molecule has 4 heteroatoms. The van der Waals surface area contributed by atoms with Crippen LogP contribution >= 0.6 is 0 Å². The van der Waals surface area contributed by atoms with Crippen molar-refractivity contribution in [2.24, 2.45) is 5.92 Å². The molecular weight excluding hydrogens is 214 g/mol. The molecule has 0 aliphatic heterocycles. The maximum Gasteiger partial charge on any atom is 0.0671 e. The van der Waals surface area contributed by atoms with Gasteiger partial charge in [-0.1, -0.05) is 19.9 Å². The number of benzene rings is 1. The Morgan fingerprint density at radius 1 is 1.41 bits per heavy atom. The lowest BCUT2D eigenvalue weighted by atomic mass is 10.0. The lowest BCUT2D eigenvalue weighted by Gasteiger charge is -2.23. The lowest BCUT2D eigenvalue weighted by Crippen LogP contribution is -2.30. The van der Waals surface area contributed by atoms with Crippen LogP contribution in [-0.2, 0) is 4.74 Å². The Balaban J connectivity index is 2.24. The average molecular weight is 233 g/mol. The Kier molecular flexibility index (Phi) is 3.64. The van der Waals surface area contributed by atoms with Crippen LogP contribution in [0, 0.1) is 5.92 Å². The monoisotopic (exact) mass is 233 g/mol. The summed E-state index contributed by atoms with van der Waals surface area (Å²) in [4.78, 5) is 0. The van der Waals surface area contributed by atoms with Gasteiger partial charge in [-0.05, 0) is 18.1 Å². The number of nitrogens with one attached hydrogen (secondary N) is 2. The first-order chi connectivity index (χ1) is 8.22. The van der Waals surface area contributed by atoms with Crippen LogP contribution in [0.25, 0.3) is 10.9 Å². The van der Waals surface area contributed by atoms with E-state index in [0.29, 0.717) is 18.6 Å². The summed E-state index contributed by atoms with van der Waals surface area (Å²) >= 11 is 0. The van der Waals surface area contributed by atoms with E-state index in [0.717, 1.165) is 16.6 Å². The van der Waals surface area contributed by atoms with E-state index in [1.807, 2.05) is 18.3 Å². The van der Waals surface area contributed by atoms with Gasteiger partial charge in [0.05, 0.1) is 24.4 Å². The van der Waals surface area contributed by atoms with Gasteiger partial charge >= 0.3 is 0 Å². The number of aromatic nitrogens is 2. The molecule has 0 amide bonds. The van der Waals surface area contributed by atoms with Crippen LogP contribution in [0.3, 0.4) is 0 Å². The first-order valence-corrected chi connectivity index (χ1v) is 5.90. The molecule has 2 aromatic rings. The van der Waals surface area contributed by atoms with E-state index in [1.54, 1.807) is 7.11 Å². The maximum absolute atomic E-state index is 5.25. The molecule has 1 aromatic heterocycles. The zero-order chi connectivity index (χ0) is 12.3. The minimum absolute atomic E-state index is 0.306. The van der Waals surface area contributed by atoms with Crippen LogP contribution in [0.5, 0.6) is 0 Å². The van der Waals surface area contributed by atoms with Gasteiger partial charge in [-0.2, -0.15) is 5.10 Å². The number of H-pyrrole nitrogens is 1. The van der Waals surface area contributed by atoms with Gasteiger partial charge in [0.2, 0.25) is 0 Å². The highest BCUT2D eigenvalue weighted by Crippen LogP contribution is 2.23. The van der Waals surface area contributed by atoms with Crippen molar-refractivity contribution in [2.45, 2.75) is 19.9 Å². The van der Waals surface area contributed by atoms with E-state index in [-0.39, 0.29) is 0 Å². The molecule has 2 rings (SSSR count). The highest BCUT2D eigenvalue weighted by Gasteiger charge is 2.14. The fourth-order valence-electron chi connectivity index (χ4n) is 1.87. The second kappa shape index (κ2) is 5.19. The molecule has 17 heavy (non-hydrogen) atoms. The summed E-state index contributed by atoms with van der Waals surface area (Å²) in [5.74, 6) is 0.511. The van der Waals surface area contributed by atoms with E-state index < -0.39 is 0 Å². The first-order valence-electron chi connectivity index (χ1n) is 5.90. The Hall–Kier alpha value is -1.55. The Morgan fingerprint density at radius 3 is 2.94 bits per heavy atom. The zero-order valence-corrected chi connectivity index (χ0v) is 10.5. The molecule has 4 nitrogen and oxygen atoms in total. The van der Waals surface area contributed by atoms with Crippen molar-refractivity contribution in [1.29, 1.82) is 0 Å². The third kappa shape index (κ3) is 2.58. The molecule has 1 unspecified atom stereocenters. The number of hydrogen-bond donors (Lipinski definition) is 2. The quantitative estimate of drug-likeness (QED) is 0.834. The number of rotatable bonds is 5. The summed E-state index contributed by atoms with van der Waals surface area (Å²) in [6.45, 7) is 5.07. The van der Waals surface area contributed by atoms with Gasteiger partial charge in [-0.15, -0.1) is 0 Å². The van der Waals surface area contributed by atoms with Crippen molar-refractivity contribution in [3.63, 3.8) is 0 Å². The van der Waals surface area contributed by atoms with Crippen LogP contribution in [0.2, 0.25) is 0 Å². The van der Waals surface area contributed by atoms with Crippen LogP contribution in [-0.4, -0.2) is 30.0 Å². The largest absolute Gasteiger partial charge is 0.383 e. The molecule has 0 radical (unpaired) electrons. The third-order valence-corrected chi connectivity index (χ3v) is 2.98. The van der Waals surface area contributed by atoms with Crippen molar-refractivity contribution in [3.05, 3.63) is 24.4 Å². The summed E-state index contributed by atoms with van der Waals surface area (Å²) in [7, 11) is 1.73. The first kappa shape index (κ1) is 11.9. The Labute approximate surface area is 101 Å². The molecular formula is C13H19N3O. The number of methoxy groups -OCH3 is 1. The average Bonchev–Trinajstić information content (AvgIpc) is 2.77. The highest BCUT2D eigenvalue weighted by molar-refractivity contribution is 5.90. The highest BCUT2D eigenvalue weighted by atomic mass is 16.5. The zero-order valence-electron chi connectivity index (χ0n) is 10.5. The van der Waals surface area contributed by atoms with Gasteiger partial charge in [0.15, 0.2) is 0 Å². The van der Waals surface area contributed by atoms with Gasteiger partial charge in [-0.3, -0.25) is 5.10 Å². The van der Waals surface area contributed by atoms with Crippen LogP contribution in [0.15, 0.2) is 24.4 Å². The molecule has 0 aliphatic rings. The second-order valence-electron chi connectivity index (χ2n) is 4.59. The molecule has 0 saturated heterocycles. The molecule has 1 heterocycles. The van der Waals surface area contributed by atoms with Crippen LogP contribution < -0.4 is 5.32 Å². The van der Waals surface area contributed by atoms with Crippen LogP contribution in [0.1, 0.15) is 13.8 Å². The number of hydrogen-bond acceptors (Lipinski definition) is 3. The predicted molar refractivity (Wildman–Crippen MR) is 70.2 cm³/mol. The summed E-state index contributed by atoms with van der Waals surface area (Å²) in [5.41, 5.74) is 2.15. The molecule has 0 fully saturated rings. The molecule has 1 aromatic carbocycles. The molecule has 92 valence electrons. The molecule has 1 atom stereocenters. The number of fused-ring (bicyclic) bond motifs is 1. The van der Waals surface area contributed by atoms with E-state index in [1.165, 1.54) is 0 Å². The van der Waals surface area contributed by atoms with E-state index in [2.05, 4.69) is 35.4 Å². The molecule has 0 saturated carbocycles. The van der Waals surface area contributed by atoms with Gasteiger partial charge in [0.25, 0.3) is 0 Å². The van der Waals surface area contributed by atoms with Gasteiger partial charge in [0.1, 0.15) is 0 Å². The topological polar surface area (TPSA) is 49.9 Å². The number of anilines is 1. The maximum atomic E-state index is 5.25. The molecule has 2 N–H and O–H groups in total. The van der Waals surface area contributed by atoms with Crippen molar-refractivity contribution < 1.29 is 4.74 Å². The molecule has 0 bridgehead atoms. The standard InChI is InChI=1S/C13H19N3O/c1-9(2)13(8-17-3)15-11-5-4-6-12-10(11)7-14-16-12/h4-7,9,13,15H,8H2,1-3H3,(H,14,16). The fraction of sp³-hybridized carbons (Fsp3) is 0.462. The third-order valence-electron chi connectivity index (χ3n) is 2.98. The molecule has 0 spiro atoms. The Morgan fingerprint density at radius 2 is 2.24 bits per heavy atom. The number of nitrogens with zero attached hydrogens (tertiary/aromatic N) is 1. The summed E-state index contributed by atoms with van der Waals surface area (Å²) in [6.07, 6.45) is 1.85. The predicted octanol–water partition coefficient (Wildman–Crippen LogP) is 2.65. The smallest absolute Gasteiger partial charge is 0.0671 e. The van der Waals surface area contributed by atoms with Crippen molar-refractivity contribution >= 4 is 16.6 Å². The summed E-state index contributed by atoms with van der Waals surface area (Å²) < 4.78 is 5.25. The Bertz CT molecular complexity index is 478. The lowest BCUT2D eigenvalue weighted by molar-refractivity contribution is 0.171. The second-order valence-corrected chi connectivity index (χ2v) is 4.59. The SMILES string of the molecule is COCC(Nc1cccc2[nH]ncc12)C(C)C. The van der Waals surface area contributed by atoms with Crippen LogP contribution in [0.4, 0.5) is 5.69 Å². The van der Waals surface area contributed by atoms with Gasteiger partial charge in [-0.25, -0.2) is 0 Å². The summed E-state index contributed by atoms with van der Waals surface area (Å²) in [5, 5.41) is 11.7. The minimum atomic E-state index is 0.306.